The molecule has 4 aromatic carbocycles. The van der Waals surface area contributed by atoms with Gasteiger partial charge in [-0.05, 0) is 66.2 Å². The predicted molar refractivity (Wildman–Crippen MR) is 179 cm³/mol. The molecule has 0 bridgehead atoms. The van der Waals surface area contributed by atoms with Gasteiger partial charge in [-0.2, -0.15) is 15.3 Å². The third-order valence-electron chi connectivity index (χ3n) is 6.25. The molecule has 4 aromatic rings. The molecule has 1 atom stereocenters. The van der Waals surface area contributed by atoms with Gasteiger partial charge in [-0.3, -0.25) is 5.41 Å². The maximum Gasteiger partial charge on any atom is 0.338 e. The summed E-state index contributed by atoms with van der Waals surface area (Å²) in [7, 11) is -3.69. The maximum absolute atomic E-state index is 11.9. The van der Waals surface area contributed by atoms with Crippen molar-refractivity contribution in [3.63, 3.8) is 0 Å². The van der Waals surface area contributed by atoms with Crippen LogP contribution in [-0.4, -0.2) is 44.9 Å². The van der Waals surface area contributed by atoms with Crippen molar-refractivity contribution < 1.29 is 42.1 Å². The number of hydrogen-bond donors (Lipinski definition) is 6. The third-order valence-corrected chi connectivity index (χ3v) is 8.28. The molecule has 0 heterocycles. The van der Waals surface area contributed by atoms with E-state index in [1.54, 1.807) is 24.3 Å². The molecule has 0 aliphatic carbocycles. The molecule has 0 aliphatic rings. The molecule has 4 rings (SSSR count). The van der Waals surface area contributed by atoms with Crippen LogP contribution in [0.1, 0.15) is 15.9 Å². The van der Waals surface area contributed by atoms with Crippen LogP contribution in [0.3, 0.4) is 0 Å². The zero-order valence-electron chi connectivity index (χ0n) is 24.8. The molecule has 0 amide bonds. The fraction of sp³-hybridized carbons (Fsp3) is 0. The van der Waals surface area contributed by atoms with E-state index in [9.17, 15) is 37.3 Å². The van der Waals surface area contributed by atoms with Crippen molar-refractivity contribution in [2.24, 2.45) is 30.7 Å². The number of nitrogens with one attached hydrogen (secondary N) is 2. The molecule has 6 N–H and O–H groups in total. The normalized spacial score (nSPS) is 12.3. The standard InChI is InChI=1S/C30H24N8O9S2/c1-3-49(45,46)22-11-8-20(9-12-22)33-37-28-26(39)15-23(30(41)42)27(29(28)40)36-34-21-10-13-24(25(14-21)38-47-16-31)35-32-19-6-4-18(5-7-19)17(2)48(43)44/h3-16,31,38-40H,1-2H2,(H,41,42)(H,43,44). The van der Waals surface area contributed by atoms with Gasteiger partial charge in [-0.1, -0.05) is 25.3 Å². The van der Waals surface area contributed by atoms with Crippen molar-refractivity contribution >= 4 is 78.0 Å². The molecule has 17 nitrogen and oxygen atoms in total. The molecule has 0 aliphatic heterocycles. The summed E-state index contributed by atoms with van der Waals surface area (Å²) in [6, 6.07) is 16.3. The molecule has 0 fully saturated rings. The number of aromatic carboxylic acids is 1. The number of phenols is 2. The predicted octanol–water partition coefficient (Wildman–Crippen LogP) is 8.10. The second-order valence-electron chi connectivity index (χ2n) is 9.36. The number of carbonyl (C=O) groups is 1. The van der Waals surface area contributed by atoms with Crippen molar-refractivity contribution in [2.45, 2.75) is 4.90 Å². The van der Waals surface area contributed by atoms with Crippen molar-refractivity contribution in [3.8, 4) is 11.5 Å². The fourth-order valence-electron chi connectivity index (χ4n) is 3.79. The number of phenolic OH excluding ortho intramolecular Hbond substituents is 2. The van der Waals surface area contributed by atoms with Crippen LogP contribution in [-0.2, 0) is 25.8 Å². The monoisotopic (exact) mass is 704 g/mol. The van der Waals surface area contributed by atoms with Gasteiger partial charge in [0.25, 0.3) is 0 Å². The average Bonchev–Trinajstić information content (AvgIpc) is 3.09. The van der Waals surface area contributed by atoms with Crippen LogP contribution in [0.2, 0.25) is 0 Å². The van der Waals surface area contributed by atoms with Crippen molar-refractivity contribution in [2.75, 3.05) is 5.48 Å². The number of aromatic hydroxyl groups is 2. The summed E-state index contributed by atoms with van der Waals surface area (Å²) >= 11 is -2.23. The Kier molecular flexibility index (Phi) is 11.2. The van der Waals surface area contributed by atoms with E-state index in [0.29, 0.717) is 17.7 Å². The van der Waals surface area contributed by atoms with Crippen LogP contribution in [0.5, 0.6) is 11.5 Å². The number of azo groups is 3. The summed E-state index contributed by atoms with van der Waals surface area (Å²) in [4.78, 5) is 16.7. The molecular weight excluding hydrogens is 681 g/mol. The lowest BCUT2D eigenvalue weighted by Crippen LogP contribution is -1.98. The Balaban J connectivity index is 1.65. The quantitative estimate of drug-likeness (QED) is 0.0241. The minimum atomic E-state index is -3.69. The Bertz CT molecular complexity index is 2170. The molecule has 0 radical (unpaired) electrons. The highest BCUT2D eigenvalue weighted by atomic mass is 32.2. The average molecular weight is 705 g/mol. The van der Waals surface area contributed by atoms with E-state index >= 15 is 0 Å². The van der Waals surface area contributed by atoms with Crippen LogP contribution in [0, 0.1) is 5.41 Å². The molecule has 0 saturated carbocycles. The lowest BCUT2D eigenvalue weighted by Gasteiger charge is -2.09. The van der Waals surface area contributed by atoms with Crippen LogP contribution < -0.4 is 5.48 Å². The van der Waals surface area contributed by atoms with Crippen LogP contribution in [0.4, 0.5) is 39.8 Å². The fourth-order valence-corrected chi connectivity index (χ4v) is 4.83. The molecule has 0 saturated heterocycles. The highest BCUT2D eigenvalue weighted by Gasteiger charge is 2.22. The van der Waals surface area contributed by atoms with Gasteiger partial charge in [0.05, 0.1) is 32.4 Å². The Hall–Kier alpha value is -6.44. The first kappa shape index (κ1) is 35.4. The molecular formula is C30H24N8O9S2. The maximum atomic E-state index is 11.9. The summed E-state index contributed by atoms with van der Waals surface area (Å²) in [5, 5.41) is 62.7. The highest BCUT2D eigenvalue weighted by Crippen LogP contribution is 2.47. The summed E-state index contributed by atoms with van der Waals surface area (Å²) in [6.45, 7) is 6.80. The van der Waals surface area contributed by atoms with Gasteiger partial charge >= 0.3 is 5.97 Å². The summed E-state index contributed by atoms with van der Waals surface area (Å²) in [5.41, 5.74) is 2.15. The van der Waals surface area contributed by atoms with E-state index in [1.165, 1.54) is 42.5 Å². The molecule has 0 aromatic heterocycles. The third kappa shape index (κ3) is 8.68. The number of carboxylic acids is 1. The van der Waals surface area contributed by atoms with Gasteiger partial charge in [-0.15, -0.1) is 15.3 Å². The van der Waals surface area contributed by atoms with E-state index < -0.39 is 55.3 Å². The topological polar surface area (TPSA) is 268 Å². The summed E-state index contributed by atoms with van der Waals surface area (Å²) in [6.07, 6.45) is 0.604. The SMILES string of the molecule is C=CS(=O)(=O)c1ccc(N=Nc2c(O)cc(C(=O)O)c(N=Nc3ccc(N=Nc4ccc(C(=C)S(=O)O)cc4)c(NOC=N)c3)c2O)cc1. The number of nitrogens with zero attached hydrogens (tertiary/aromatic N) is 6. The van der Waals surface area contributed by atoms with Gasteiger partial charge in [0, 0.05) is 5.41 Å². The Morgan fingerprint density at radius 1 is 0.857 bits per heavy atom. The molecule has 250 valence electrons. The van der Waals surface area contributed by atoms with Gasteiger partial charge in [0.2, 0.25) is 6.40 Å². The van der Waals surface area contributed by atoms with Crippen LogP contribution in [0.25, 0.3) is 4.91 Å². The van der Waals surface area contributed by atoms with Crippen molar-refractivity contribution in [3.05, 3.63) is 102 Å². The first-order chi connectivity index (χ1) is 23.3. The number of sulfone groups is 1. The highest BCUT2D eigenvalue weighted by molar-refractivity contribution is 7.94. The van der Waals surface area contributed by atoms with E-state index in [0.717, 1.165) is 11.5 Å². The second kappa shape index (κ2) is 15.4. The minimum Gasteiger partial charge on any atom is -0.505 e. The van der Waals surface area contributed by atoms with Crippen molar-refractivity contribution in [1.29, 1.82) is 5.41 Å². The molecule has 19 heteroatoms. The first-order valence-corrected chi connectivity index (χ1v) is 16.0. The van der Waals surface area contributed by atoms with Crippen LogP contribution in [0.15, 0.2) is 127 Å². The van der Waals surface area contributed by atoms with Crippen LogP contribution >= 0.6 is 0 Å². The summed E-state index contributed by atoms with van der Waals surface area (Å²) in [5.74, 6) is -3.16. The number of benzene rings is 4. The van der Waals surface area contributed by atoms with E-state index in [-0.39, 0.29) is 32.6 Å². The van der Waals surface area contributed by atoms with Crippen molar-refractivity contribution in [1.82, 2.24) is 0 Å². The zero-order valence-corrected chi connectivity index (χ0v) is 26.5. The van der Waals surface area contributed by atoms with E-state index in [1.807, 2.05) is 0 Å². The Morgan fingerprint density at radius 2 is 1.43 bits per heavy atom. The number of hydrogen-bond acceptors (Lipinski definition) is 15. The molecule has 0 spiro atoms. The van der Waals surface area contributed by atoms with E-state index in [4.69, 9.17) is 10.2 Å². The number of anilines is 1. The van der Waals surface area contributed by atoms with Gasteiger partial charge < -0.3 is 24.7 Å². The number of carboxylic acid groups (broad SMARTS) is 1. The van der Waals surface area contributed by atoms with Gasteiger partial charge in [-0.25, -0.2) is 22.9 Å². The van der Waals surface area contributed by atoms with E-state index in [2.05, 4.69) is 49.3 Å². The number of rotatable bonds is 14. The smallest absolute Gasteiger partial charge is 0.338 e. The Morgan fingerprint density at radius 3 is 2.02 bits per heavy atom. The Labute approximate surface area is 280 Å². The van der Waals surface area contributed by atoms with Gasteiger partial charge in [0.15, 0.2) is 32.4 Å². The second-order valence-corrected chi connectivity index (χ2v) is 12.2. The lowest BCUT2D eigenvalue weighted by molar-refractivity contribution is 0.0697. The largest absolute Gasteiger partial charge is 0.505 e. The van der Waals surface area contributed by atoms with Gasteiger partial charge in [0.1, 0.15) is 22.8 Å². The molecule has 1 unspecified atom stereocenters. The molecule has 49 heavy (non-hydrogen) atoms. The first-order valence-electron chi connectivity index (χ1n) is 13.3. The lowest BCUT2D eigenvalue weighted by atomic mass is 10.1. The minimum absolute atomic E-state index is 0.0202. The zero-order chi connectivity index (χ0) is 35.7. The summed E-state index contributed by atoms with van der Waals surface area (Å²) < 4.78 is 44.3.